The van der Waals surface area contributed by atoms with Crippen molar-refractivity contribution in [3.05, 3.63) is 77.9 Å². The van der Waals surface area contributed by atoms with Crippen molar-refractivity contribution in [2.75, 3.05) is 7.11 Å². The normalized spacial score (nSPS) is 13.7. The van der Waals surface area contributed by atoms with Crippen LogP contribution in [0.4, 0.5) is 0 Å². The van der Waals surface area contributed by atoms with Crippen molar-refractivity contribution in [3.8, 4) is 5.75 Å². The van der Waals surface area contributed by atoms with Crippen molar-refractivity contribution in [2.45, 2.75) is 25.9 Å². The van der Waals surface area contributed by atoms with Gasteiger partial charge in [-0.25, -0.2) is 0 Å². The van der Waals surface area contributed by atoms with Crippen LogP contribution in [0.3, 0.4) is 0 Å². The Bertz CT molecular complexity index is 791. The number of nitrogens with one attached hydrogen (secondary N) is 1. The monoisotopic (exact) mass is 305 g/mol. The zero-order valence-electron chi connectivity index (χ0n) is 13.9. The van der Waals surface area contributed by atoms with Gasteiger partial charge in [-0.05, 0) is 47.9 Å². The smallest absolute Gasteiger partial charge is 0.119 e. The second kappa shape index (κ2) is 6.84. The second-order valence-corrected chi connectivity index (χ2v) is 5.96. The maximum absolute atomic E-state index is 5.32. The summed E-state index contributed by atoms with van der Waals surface area (Å²) >= 11 is 0. The van der Waals surface area contributed by atoms with Gasteiger partial charge < -0.3 is 10.1 Å². The highest BCUT2D eigenvalue weighted by Gasteiger charge is 2.13. The van der Waals surface area contributed by atoms with Crippen LogP contribution in [0.25, 0.3) is 10.8 Å². The summed E-state index contributed by atoms with van der Waals surface area (Å²) in [7, 11) is 1.70. The fraction of sp³-hybridized carbons (Fsp3) is 0.238. The zero-order chi connectivity index (χ0) is 16.2. The van der Waals surface area contributed by atoms with E-state index in [4.69, 9.17) is 4.74 Å². The molecule has 0 aliphatic heterocycles. The molecular weight excluding hydrogens is 282 g/mol. The first-order chi connectivity index (χ1) is 11.2. The largest absolute Gasteiger partial charge is 0.497 e. The van der Waals surface area contributed by atoms with E-state index in [1.807, 2.05) is 12.1 Å². The Morgan fingerprint density at radius 2 is 1.57 bits per heavy atom. The molecule has 0 radical (unpaired) electrons. The third kappa shape index (κ3) is 3.38. The SMILES string of the molecule is COc1cccc(C(C)NC(C)c2cccc3ccccc23)c1. The van der Waals surface area contributed by atoms with Crippen LogP contribution < -0.4 is 10.1 Å². The number of methoxy groups -OCH3 is 1. The molecule has 23 heavy (non-hydrogen) atoms. The molecule has 0 aliphatic rings. The van der Waals surface area contributed by atoms with E-state index < -0.39 is 0 Å². The summed E-state index contributed by atoms with van der Waals surface area (Å²) < 4.78 is 5.32. The molecule has 2 unspecified atom stereocenters. The van der Waals surface area contributed by atoms with Crippen LogP contribution in [0.2, 0.25) is 0 Å². The Hall–Kier alpha value is -2.32. The van der Waals surface area contributed by atoms with Gasteiger partial charge >= 0.3 is 0 Å². The minimum Gasteiger partial charge on any atom is -0.497 e. The maximum Gasteiger partial charge on any atom is 0.119 e. The summed E-state index contributed by atoms with van der Waals surface area (Å²) in [5, 5.41) is 6.30. The Labute approximate surface area is 138 Å². The number of hydrogen-bond donors (Lipinski definition) is 1. The summed E-state index contributed by atoms with van der Waals surface area (Å²) in [6.07, 6.45) is 0. The van der Waals surface area contributed by atoms with Crippen LogP contribution in [0, 0.1) is 0 Å². The molecule has 0 spiro atoms. The second-order valence-electron chi connectivity index (χ2n) is 5.96. The number of benzene rings is 3. The predicted molar refractivity (Wildman–Crippen MR) is 96.9 cm³/mol. The molecular formula is C21H23NO. The number of hydrogen-bond acceptors (Lipinski definition) is 2. The average molecular weight is 305 g/mol. The molecule has 0 bridgehead atoms. The lowest BCUT2D eigenvalue weighted by Gasteiger charge is -2.22. The first-order valence-corrected chi connectivity index (χ1v) is 8.06. The first-order valence-electron chi connectivity index (χ1n) is 8.06. The lowest BCUT2D eigenvalue weighted by atomic mass is 9.98. The Balaban J connectivity index is 1.84. The summed E-state index contributed by atoms with van der Waals surface area (Å²) in [6.45, 7) is 4.41. The maximum atomic E-state index is 5.32. The average Bonchev–Trinajstić information content (AvgIpc) is 2.61. The van der Waals surface area contributed by atoms with Crippen LogP contribution >= 0.6 is 0 Å². The summed E-state index contributed by atoms with van der Waals surface area (Å²) in [5.41, 5.74) is 2.56. The molecule has 2 atom stereocenters. The van der Waals surface area contributed by atoms with Crippen molar-refractivity contribution in [2.24, 2.45) is 0 Å². The minimum absolute atomic E-state index is 0.249. The highest BCUT2D eigenvalue weighted by Crippen LogP contribution is 2.27. The molecule has 3 rings (SSSR count). The molecule has 2 heteroatoms. The van der Waals surface area contributed by atoms with Crippen LogP contribution in [0.15, 0.2) is 66.7 Å². The van der Waals surface area contributed by atoms with Gasteiger partial charge in [-0.2, -0.15) is 0 Å². The quantitative estimate of drug-likeness (QED) is 0.694. The van der Waals surface area contributed by atoms with E-state index in [0.29, 0.717) is 0 Å². The number of rotatable bonds is 5. The lowest BCUT2D eigenvalue weighted by molar-refractivity contribution is 0.412. The van der Waals surface area contributed by atoms with E-state index in [0.717, 1.165) is 5.75 Å². The zero-order valence-corrected chi connectivity index (χ0v) is 13.9. The van der Waals surface area contributed by atoms with Gasteiger partial charge in [0.15, 0.2) is 0 Å². The summed E-state index contributed by atoms with van der Waals surface area (Å²) in [4.78, 5) is 0. The predicted octanol–water partition coefficient (Wildman–Crippen LogP) is 5.26. The Morgan fingerprint density at radius 1 is 0.826 bits per heavy atom. The Kier molecular flexibility index (Phi) is 4.63. The molecule has 2 nitrogen and oxygen atoms in total. The number of fused-ring (bicyclic) bond motifs is 1. The lowest BCUT2D eigenvalue weighted by Crippen LogP contribution is -2.22. The fourth-order valence-electron chi connectivity index (χ4n) is 3.10. The topological polar surface area (TPSA) is 21.3 Å². The third-order valence-corrected chi connectivity index (χ3v) is 4.38. The summed E-state index contributed by atoms with van der Waals surface area (Å²) in [6, 6.07) is 23.8. The molecule has 0 fully saturated rings. The summed E-state index contributed by atoms with van der Waals surface area (Å²) in [5.74, 6) is 0.897. The van der Waals surface area contributed by atoms with Crippen molar-refractivity contribution in [3.63, 3.8) is 0 Å². The third-order valence-electron chi connectivity index (χ3n) is 4.38. The van der Waals surface area contributed by atoms with E-state index in [1.54, 1.807) is 7.11 Å². The molecule has 3 aromatic carbocycles. The van der Waals surface area contributed by atoms with Crippen molar-refractivity contribution in [1.29, 1.82) is 0 Å². The van der Waals surface area contributed by atoms with Gasteiger partial charge in [0.05, 0.1) is 7.11 Å². The van der Waals surface area contributed by atoms with Gasteiger partial charge in [0.2, 0.25) is 0 Å². The van der Waals surface area contributed by atoms with Gasteiger partial charge in [0.1, 0.15) is 5.75 Å². The molecule has 0 aromatic heterocycles. The van der Waals surface area contributed by atoms with E-state index in [-0.39, 0.29) is 12.1 Å². The van der Waals surface area contributed by atoms with Crippen LogP contribution in [-0.4, -0.2) is 7.11 Å². The molecule has 3 aromatic rings. The minimum atomic E-state index is 0.249. The van der Waals surface area contributed by atoms with E-state index in [9.17, 15) is 0 Å². The van der Waals surface area contributed by atoms with E-state index >= 15 is 0 Å². The van der Waals surface area contributed by atoms with Gasteiger partial charge in [-0.1, -0.05) is 54.6 Å². The van der Waals surface area contributed by atoms with Crippen LogP contribution in [0.1, 0.15) is 37.1 Å². The van der Waals surface area contributed by atoms with Gasteiger partial charge in [-0.3, -0.25) is 0 Å². The van der Waals surface area contributed by atoms with Crippen molar-refractivity contribution < 1.29 is 4.74 Å². The van der Waals surface area contributed by atoms with Gasteiger partial charge in [-0.15, -0.1) is 0 Å². The van der Waals surface area contributed by atoms with Gasteiger partial charge in [0.25, 0.3) is 0 Å². The van der Waals surface area contributed by atoms with Crippen LogP contribution in [-0.2, 0) is 0 Å². The van der Waals surface area contributed by atoms with E-state index in [1.165, 1.54) is 21.9 Å². The van der Waals surface area contributed by atoms with E-state index in [2.05, 4.69) is 73.8 Å². The molecule has 0 heterocycles. The molecule has 0 aliphatic carbocycles. The van der Waals surface area contributed by atoms with Crippen LogP contribution in [0.5, 0.6) is 5.75 Å². The van der Waals surface area contributed by atoms with Crippen molar-refractivity contribution >= 4 is 10.8 Å². The standard InChI is InChI=1S/C21H23NO/c1-15(18-10-6-11-19(14-18)23-3)22-16(2)20-13-7-9-17-8-4-5-12-21(17)20/h4-16,22H,1-3H3. The van der Waals surface area contributed by atoms with Crippen molar-refractivity contribution in [1.82, 2.24) is 5.32 Å². The highest BCUT2D eigenvalue weighted by atomic mass is 16.5. The molecule has 0 saturated carbocycles. The molecule has 0 saturated heterocycles. The number of ether oxygens (including phenoxy) is 1. The fourth-order valence-corrected chi connectivity index (χ4v) is 3.10. The first kappa shape index (κ1) is 15.6. The Morgan fingerprint density at radius 3 is 2.39 bits per heavy atom. The highest BCUT2D eigenvalue weighted by molar-refractivity contribution is 5.86. The molecule has 1 N–H and O–H groups in total. The molecule has 118 valence electrons. The molecule has 0 amide bonds. The van der Waals surface area contributed by atoms with Gasteiger partial charge in [0, 0.05) is 12.1 Å².